The van der Waals surface area contributed by atoms with Crippen LogP contribution in [0.5, 0.6) is 0 Å². The number of rotatable bonds is 4. The molecule has 0 aliphatic carbocycles. The topological polar surface area (TPSA) is 34.1 Å². The molecule has 118 valence electrons. The molecule has 1 aromatic heterocycles. The number of alkyl halides is 3. The maximum Gasteiger partial charge on any atom is 0.434 e. The van der Waals surface area contributed by atoms with E-state index in [0.29, 0.717) is 5.01 Å². The Morgan fingerprint density at radius 1 is 1.38 bits per heavy atom. The molecular weight excluding hydrogens is 301 g/mol. The van der Waals surface area contributed by atoms with E-state index in [1.54, 1.807) is 0 Å². The Hall–Kier alpha value is -0.660. The minimum atomic E-state index is -4.39. The Morgan fingerprint density at radius 3 is 2.67 bits per heavy atom. The predicted octanol–water partition coefficient (Wildman–Crippen LogP) is 3.69. The SMILES string of the molecule is CC(C)NCc1sc(C2CC3CCC2O3)nc1C(F)(F)F. The maximum absolute atomic E-state index is 13.1. The van der Waals surface area contributed by atoms with Crippen LogP contribution in [-0.2, 0) is 17.5 Å². The van der Waals surface area contributed by atoms with Gasteiger partial charge in [-0.05, 0) is 19.3 Å². The standard InChI is InChI=1S/C14H19F3N2OS/c1-7(2)18-6-11-12(14(15,16)17)19-13(21-11)9-5-8-3-4-10(9)20-8/h7-10,18H,3-6H2,1-2H3. The van der Waals surface area contributed by atoms with Gasteiger partial charge in [0.1, 0.15) is 0 Å². The van der Waals surface area contributed by atoms with Crippen molar-refractivity contribution in [2.24, 2.45) is 0 Å². The lowest BCUT2D eigenvalue weighted by atomic mass is 9.90. The molecule has 1 aromatic rings. The molecule has 3 heterocycles. The molecule has 2 saturated heterocycles. The molecule has 0 saturated carbocycles. The van der Waals surface area contributed by atoms with Crippen LogP contribution in [0, 0.1) is 0 Å². The largest absolute Gasteiger partial charge is 0.434 e. The minimum absolute atomic E-state index is 0.0441. The fraction of sp³-hybridized carbons (Fsp3) is 0.786. The van der Waals surface area contributed by atoms with Gasteiger partial charge in [0.25, 0.3) is 0 Å². The smallest absolute Gasteiger partial charge is 0.374 e. The lowest BCUT2D eigenvalue weighted by Crippen LogP contribution is -2.23. The molecule has 0 aromatic carbocycles. The minimum Gasteiger partial charge on any atom is -0.374 e. The second-order valence-corrected chi connectivity index (χ2v) is 7.19. The van der Waals surface area contributed by atoms with Crippen molar-refractivity contribution < 1.29 is 17.9 Å². The molecule has 3 nitrogen and oxygen atoms in total. The summed E-state index contributed by atoms with van der Waals surface area (Å²) in [5.74, 6) is 0.0441. The maximum atomic E-state index is 13.1. The van der Waals surface area contributed by atoms with E-state index in [4.69, 9.17) is 4.74 Å². The zero-order chi connectivity index (χ0) is 15.2. The zero-order valence-electron chi connectivity index (χ0n) is 12.0. The summed E-state index contributed by atoms with van der Waals surface area (Å²) in [4.78, 5) is 4.22. The molecule has 2 aliphatic heterocycles. The molecule has 7 heteroatoms. The molecule has 2 bridgehead atoms. The number of hydrogen-bond donors (Lipinski definition) is 1. The number of ether oxygens (including phenoxy) is 1. The predicted molar refractivity (Wildman–Crippen MR) is 74.3 cm³/mol. The molecule has 3 atom stereocenters. The van der Waals surface area contributed by atoms with Crippen LogP contribution in [0.2, 0.25) is 0 Å². The van der Waals surface area contributed by atoms with E-state index in [0.717, 1.165) is 19.3 Å². The number of halogens is 3. The van der Waals surface area contributed by atoms with Gasteiger partial charge in [0.05, 0.1) is 22.1 Å². The van der Waals surface area contributed by atoms with Gasteiger partial charge >= 0.3 is 6.18 Å². The van der Waals surface area contributed by atoms with Crippen LogP contribution in [0.3, 0.4) is 0 Å². The third-order valence-electron chi connectivity index (χ3n) is 4.08. The first-order valence-electron chi connectivity index (χ1n) is 7.30. The quantitative estimate of drug-likeness (QED) is 0.918. The van der Waals surface area contributed by atoms with Gasteiger partial charge in [-0.25, -0.2) is 4.98 Å². The Labute approximate surface area is 125 Å². The van der Waals surface area contributed by atoms with Gasteiger partial charge in [-0.3, -0.25) is 0 Å². The molecule has 21 heavy (non-hydrogen) atoms. The normalized spacial score (nSPS) is 28.8. The molecule has 1 N–H and O–H groups in total. The van der Waals surface area contributed by atoms with Gasteiger partial charge in [-0.15, -0.1) is 11.3 Å². The Bertz CT molecular complexity index is 515. The molecule has 2 fully saturated rings. The Kier molecular flexibility index (Phi) is 4.00. The second kappa shape index (κ2) is 5.52. The average Bonchev–Trinajstić information content (AvgIpc) is 3.09. The summed E-state index contributed by atoms with van der Waals surface area (Å²) in [6.07, 6.45) is -1.33. The summed E-state index contributed by atoms with van der Waals surface area (Å²) < 4.78 is 45.2. The lowest BCUT2D eigenvalue weighted by Gasteiger charge is -2.15. The molecule has 0 amide bonds. The number of fused-ring (bicyclic) bond motifs is 2. The van der Waals surface area contributed by atoms with Crippen LogP contribution < -0.4 is 5.32 Å². The van der Waals surface area contributed by atoms with Crippen LogP contribution in [-0.4, -0.2) is 23.2 Å². The number of hydrogen-bond acceptors (Lipinski definition) is 4. The number of nitrogens with zero attached hydrogens (tertiary/aromatic N) is 1. The second-order valence-electron chi connectivity index (χ2n) is 6.07. The number of thiazole rings is 1. The number of nitrogens with one attached hydrogen (secondary N) is 1. The van der Waals surface area contributed by atoms with Crippen LogP contribution in [0.25, 0.3) is 0 Å². The summed E-state index contributed by atoms with van der Waals surface area (Å²) in [5, 5.41) is 3.64. The summed E-state index contributed by atoms with van der Waals surface area (Å²) in [6.45, 7) is 4.05. The highest BCUT2D eigenvalue weighted by Crippen LogP contribution is 2.47. The molecule has 0 spiro atoms. The van der Waals surface area contributed by atoms with Crippen molar-refractivity contribution in [1.82, 2.24) is 10.3 Å². The van der Waals surface area contributed by atoms with Gasteiger partial charge in [0.2, 0.25) is 0 Å². The van der Waals surface area contributed by atoms with E-state index in [2.05, 4.69) is 10.3 Å². The van der Waals surface area contributed by atoms with Crippen molar-refractivity contribution in [2.45, 2.75) is 70.0 Å². The monoisotopic (exact) mass is 320 g/mol. The highest BCUT2D eigenvalue weighted by molar-refractivity contribution is 7.11. The van der Waals surface area contributed by atoms with Gasteiger partial charge in [-0.1, -0.05) is 13.8 Å². The highest BCUT2D eigenvalue weighted by atomic mass is 32.1. The first-order valence-corrected chi connectivity index (χ1v) is 8.12. The first kappa shape index (κ1) is 15.2. The average molecular weight is 320 g/mol. The summed E-state index contributed by atoms with van der Waals surface area (Å²) in [6, 6.07) is 0.141. The van der Waals surface area contributed by atoms with Crippen molar-refractivity contribution >= 4 is 11.3 Å². The van der Waals surface area contributed by atoms with Gasteiger partial charge in [-0.2, -0.15) is 13.2 Å². The zero-order valence-corrected chi connectivity index (χ0v) is 12.9. The molecule has 2 aliphatic rings. The first-order chi connectivity index (χ1) is 9.84. The van der Waals surface area contributed by atoms with Gasteiger partial charge in [0.15, 0.2) is 5.69 Å². The van der Waals surface area contributed by atoms with E-state index in [1.807, 2.05) is 13.8 Å². The van der Waals surface area contributed by atoms with Crippen molar-refractivity contribution in [1.29, 1.82) is 0 Å². The van der Waals surface area contributed by atoms with Gasteiger partial charge < -0.3 is 10.1 Å². The van der Waals surface area contributed by atoms with Crippen molar-refractivity contribution in [2.75, 3.05) is 0 Å². The van der Waals surface area contributed by atoms with E-state index in [9.17, 15) is 13.2 Å². The molecule has 3 rings (SSSR count). The van der Waals surface area contributed by atoms with Gasteiger partial charge in [0, 0.05) is 18.5 Å². The third kappa shape index (κ3) is 3.10. The van der Waals surface area contributed by atoms with Crippen LogP contribution in [0.1, 0.15) is 54.6 Å². The highest BCUT2D eigenvalue weighted by Gasteiger charge is 2.45. The fourth-order valence-electron chi connectivity index (χ4n) is 3.06. The molecule has 3 unspecified atom stereocenters. The third-order valence-corrected chi connectivity index (χ3v) is 5.26. The summed E-state index contributed by atoms with van der Waals surface area (Å²) in [7, 11) is 0. The molecule has 0 radical (unpaired) electrons. The van der Waals surface area contributed by atoms with E-state index in [-0.39, 0.29) is 35.6 Å². The van der Waals surface area contributed by atoms with E-state index in [1.165, 1.54) is 11.3 Å². The van der Waals surface area contributed by atoms with Crippen molar-refractivity contribution in [3.8, 4) is 0 Å². The van der Waals surface area contributed by atoms with Crippen LogP contribution >= 0.6 is 11.3 Å². The number of aromatic nitrogens is 1. The van der Waals surface area contributed by atoms with E-state index >= 15 is 0 Å². The molecular formula is C14H19F3N2OS. The van der Waals surface area contributed by atoms with Crippen LogP contribution in [0.15, 0.2) is 0 Å². The Balaban J connectivity index is 1.85. The summed E-state index contributed by atoms with van der Waals surface area (Å²) in [5.41, 5.74) is -0.724. The van der Waals surface area contributed by atoms with Crippen molar-refractivity contribution in [3.63, 3.8) is 0 Å². The summed E-state index contributed by atoms with van der Waals surface area (Å²) >= 11 is 1.19. The lowest BCUT2D eigenvalue weighted by molar-refractivity contribution is -0.141. The van der Waals surface area contributed by atoms with Crippen molar-refractivity contribution in [3.05, 3.63) is 15.6 Å². The van der Waals surface area contributed by atoms with Crippen LogP contribution in [0.4, 0.5) is 13.2 Å². The fourth-order valence-corrected chi connectivity index (χ4v) is 4.27. The Morgan fingerprint density at radius 2 is 2.14 bits per heavy atom. The van der Waals surface area contributed by atoms with E-state index < -0.39 is 11.9 Å².